The predicted molar refractivity (Wildman–Crippen MR) is 151 cm³/mol. The van der Waals surface area contributed by atoms with Crippen LogP contribution in [-0.2, 0) is 4.79 Å². The fourth-order valence-electron chi connectivity index (χ4n) is 4.14. The number of aliphatic carboxylic acids is 1. The van der Waals surface area contributed by atoms with Crippen LogP contribution in [0.4, 0.5) is 0 Å². The summed E-state index contributed by atoms with van der Waals surface area (Å²) in [6, 6.07) is 18.2. The van der Waals surface area contributed by atoms with Gasteiger partial charge in [0.25, 0.3) is 0 Å². The van der Waals surface area contributed by atoms with E-state index in [-0.39, 0.29) is 47.1 Å². The normalized spacial score (nSPS) is 13.4. The van der Waals surface area contributed by atoms with Gasteiger partial charge in [-0.15, -0.1) is 0 Å². The Morgan fingerprint density at radius 3 is 2.62 bits per heavy atom. The van der Waals surface area contributed by atoms with Crippen molar-refractivity contribution in [3.05, 3.63) is 76.4 Å². The molecule has 0 aliphatic heterocycles. The third-order valence-electron chi connectivity index (χ3n) is 6.09. The van der Waals surface area contributed by atoms with Crippen LogP contribution in [0.1, 0.15) is 74.9 Å². The minimum Gasteiger partial charge on any atom is -0.550 e. The minimum atomic E-state index is -0.992. The van der Waals surface area contributed by atoms with E-state index in [0.29, 0.717) is 5.02 Å². The number of thioether (sulfide) groups is 1. The van der Waals surface area contributed by atoms with Crippen molar-refractivity contribution >= 4 is 52.4 Å². The number of carbonyl (C=O) groups excluding carboxylic acids is 1. The van der Waals surface area contributed by atoms with Gasteiger partial charge in [-0.1, -0.05) is 61.0 Å². The van der Waals surface area contributed by atoms with Gasteiger partial charge in [0.05, 0.1) is 16.8 Å². The Kier molecular flexibility index (Phi) is 13.2. The first-order valence-corrected chi connectivity index (χ1v) is 13.9. The van der Waals surface area contributed by atoms with Crippen molar-refractivity contribution in [2.75, 3.05) is 5.75 Å². The van der Waals surface area contributed by atoms with Gasteiger partial charge < -0.3 is 15.0 Å². The number of nitrogens with zero attached hydrogens (tertiary/aromatic N) is 1. The molecule has 0 aliphatic rings. The average molecular weight is 548 g/mol. The minimum absolute atomic E-state index is 0. The number of benzene rings is 2. The summed E-state index contributed by atoms with van der Waals surface area (Å²) in [5.74, 6) is 0.0197. The summed E-state index contributed by atoms with van der Waals surface area (Å²) in [6.45, 7) is 5.64. The Morgan fingerprint density at radius 2 is 1.89 bits per heavy atom. The summed E-state index contributed by atoms with van der Waals surface area (Å²) >= 11 is 8.00. The van der Waals surface area contributed by atoms with Crippen LogP contribution >= 0.6 is 23.4 Å². The molecule has 0 amide bonds. The Hall–Kier alpha value is -1.34. The summed E-state index contributed by atoms with van der Waals surface area (Å²) in [5.41, 5.74) is 3.39. The molecule has 2 atom stereocenters. The molecule has 1 unspecified atom stereocenters. The smallest absolute Gasteiger partial charge is 0.550 e. The Morgan fingerprint density at radius 1 is 1.14 bits per heavy atom. The number of carboxylic acids is 1. The van der Waals surface area contributed by atoms with Gasteiger partial charge in [-0.2, -0.15) is 11.8 Å². The van der Waals surface area contributed by atoms with Crippen LogP contribution in [0.2, 0.25) is 5.02 Å². The summed E-state index contributed by atoms with van der Waals surface area (Å²) in [6.07, 6.45) is 7.55. The molecule has 0 bridgehead atoms. The van der Waals surface area contributed by atoms with Crippen molar-refractivity contribution in [1.29, 1.82) is 0 Å². The van der Waals surface area contributed by atoms with Crippen LogP contribution in [0.15, 0.2) is 54.6 Å². The molecule has 2 aromatic carbocycles. The number of halogens is 1. The first-order valence-electron chi connectivity index (χ1n) is 12.5. The molecule has 4 nitrogen and oxygen atoms in total. The van der Waals surface area contributed by atoms with Crippen LogP contribution in [0.25, 0.3) is 23.1 Å². The van der Waals surface area contributed by atoms with Gasteiger partial charge in [0.2, 0.25) is 0 Å². The summed E-state index contributed by atoms with van der Waals surface area (Å²) in [5, 5.41) is 23.0. The number of carboxylic acid groups (broad SMARTS) is 1. The van der Waals surface area contributed by atoms with Gasteiger partial charge in [-0.25, -0.2) is 4.98 Å². The van der Waals surface area contributed by atoms with Crippen LogP contribution < -0.4 is 34.7 Å². The molecule has 0 spiro atoms. The van der Waals surface area contributed by atoms with E-state index in [9.17, 15) is 15.0 Å². The zero-order valence-corrected chi connectivity index (χ0v) is 25.8. The third kappa shape index (κ3) is 11.5. The maximum Gasteiger partial charge on any atom is 1.00 e. The number of hydrogen-bond donors (Lipinski definition) is 1. The van der Waals surface area contributed by atoms with Crippen molar-refractivity contribution in [2.45, 2.75) is 63.7 Å². The standard InChI is InChI=1S/C30H36ClNO3S.Na/c1-21(18-29(33)34)8-15-28(36-17-5-16-30(2,3)35)24-7-4-6-22(19-24)9-13-26-14-11-23-10-12-25(31)20-27(23)32-26;/h4,6-7,9-14,19-21,28,35H,5,8,15-18H2,1-3H3,(H,33,34);/q;+1/p-1/b13-9+;/t21?,28-;/m0./s1. The molecular weight excluding hydrogens is 513 g/mol. The van der Waals surface area contributed by atoms with E-state index in [1.165, 1.54) is 5.56 Å². The van der Waals surface area contributed by atoms with Gasteiger partial charge in [0, 0.05) is 21.6 Å². The number of fused-ring (bicyclic) bond motifs is 1. The van der Waals surface area contributed by atoms with E-state index < -0.39 is 11.6 Å². The van der Waals surface area contributed by atoms with Crippen molar-refractivity contribution in [2.24, 2.45) is 5.92 Å². The number of hydrogen-bond acceptors (Lipinski definition) is 5. The maximum atomic E-state index is 11.0. The summed E-state index contributed by atoms with van der Waals surface area (Å²) in [4.78, 5) is 15.7. The Balaban J connectivity index is 0.00000481. The predicted octanol–water partition coefficient (Wildman–Crippen LogP) is 3.94. The summed E-state index contributed by atoms with van der Waals surface area (Å²) in [7, 11) is 0. The van der Waals surface area contributed by atoms with E-state index >= 15 is 0 Å². The van der Waals surface area contributed by atoms with Crippen molar-refractivity contribution in [1.82, 2.24) is 4.98 Å². The monoisotopic (exact) mass is 547 g/mol. The quantitative estimate of drug-likeness (QED) is 0.259. The first kappa shape index (κ1) is 31.9. The number of aromatic nitrogens is 1. The molecule has 3 aromatic rings. The Bertz CT molecular complexity index is 1190. The molecule has 192 valence electrons. The molecule has 7 heteroatoms. The molecular formula is C30H35ClNNaO3S. The Labute approximate surface area is 252 Å². The van der Waals surface area contributed by atoms with Gasteiger partial charge in [-0.05, 0) is 93.0 Å². The average Bonchev–Trinajstić information content (AvgIpc) is 2.81. The van der Waals surface area contributed by atoms with Crippen molar-refractivity contribution < 1.29 is 44.6 Å². The van der Waals surface area contributed by atoms with Crippen LogP contribution in [0, 0.1) is 5.92 Å². The van der Waals surface area contributed by atoms with E-state index in [1.807, 2.05) is 68.9 Å². The molecule has 1 aromatic heterocycles. The van der Waals surface area contributed by atoms with E-state index in [2.05, 4.69) is 30.3 Å². The fraction of sp³-hybridized carbons (Fsp3) is 0.400. The molecule has 1 N–H and O–H groups in total. The number of carbonyl (C=O) groups is 1. The van der Waals surface area contributed by atoms with E-state index in [0.717, 1.165) is 53.6 Å². The van der Waals surface area contributed by atoms with Gasteiger partial charge >= 0.3 is 29.6 Å². The number of aliphatic hydroxyl groups is 1. The molecule has 1 heterocycles. The summed E-state index contributed by atoms with van der Waals surface area (Å²) < 4.78 is 0. The van der Waals surface area contributed by atoms with Crippen LogP contribution in [0.3, 0.4) is 0 Å². The molecule has 0 saturated carbocycles. The topological polar surface area (TPSA) is 73.2 Å². The molecule has 0 radical (unpaired) electrons. The number of rotatable bonds is 13. The van der Waals surface area contributed by atoms with Crippen molar-refractivity contribution in [3.8, 4) is 0 Å². The van der Waals surface area contributed by atoms with Gasteiger partial charge in [-0.3, -0.25) is 0 Å². The van der Waals surface area contributed by atoms with E-state index in [4.69, 9.17) is 16.6 Å². The molecule has 0 fully saturated rings. The second-order valence-corrected chi connectivity index (χ2v) is 11.9. The first-order chi connectivity index (χ1) is 17.1. The zero-order chi connectivity index (χ0) is 26.1. The maximum absolute atomic E-state index is 11.0. The molecule has 0 saturated heterocycles. The molecule has 0 aliphatic carbocycles. The largest absolute Gasteiger partial charge is 1.00 e. The van der Waals surface area contributed by atoms with Crippen molar-refractivity contribution in [3.63, 3.8) is 0 Å². The van der Waals surface area contributed by atoms with Crippen LogP contribution in [0.5, 0.6) is 0 Å². The van der Waals surface area contributed by atoms with Gasteiger partial charge in [0.15, 0.2) is 0 Å². The SMILES string of the molecule is CC(CC[C@H](SCCCC(C)(C)O)c1cccc(/C=C/c2ccc3ccc(Cl)cc3n2)c1)CC(=O)[O-].[Na+]. The molecule has 3 rings (SSSR count). The van der Waals surface area contributed by atoms with Gasteiger partial charge in [0.1, 0.15) is 0 Å². The zero-order valence-electron chi connectivity index (χ0n) is 22.2. The second kappa shape index (κ2) is 15.3. The fourth-order valence-corrected chi connectivity index (χ4v) is 5.55. The van der Waals surface area contributed by atoms with E-state index in [1.54, 1.807) is 0 Å². The second-order valence-electron chi connectivity index (χ2n) is 10.1. The third-order valence-corrected chi connectivity index (χ3v) is 7.76. The molecule has 37 heavy (non-hydrogen) atoms. The number of pyridine rings is 1. The van der Waals surface area contributed by atoms with Crippen LogP contribution in [-0.4, -0.2) is 27.4 Å².